The monoisotopic (exact) mass is 373 g/mol. The van der Waals surface area contributed by atoms with E-state index in [1.807, 2.05) is 32.1 Å². The summed E-state index contributed by atoms with van der Waals surface area (Å²) in [6.07, 6.45) is 7.72. The number of hydrogen-bond donors (Lipinski definition) is 2. The molecule has 8 nitrogen and oxygen atoms in total. The molecule has 2 heterocycles. The van der Waals surface area contributed by atoms with Crippen LogP contribution in [0.1, 0.15) is 26.5 Å². The fraction of sp³-hybridized carbons (Fsp3) is 0.421. The van der Waals surface area contributed by atoms with Gasteiger partial charge in [-0.05, 0) is 13.0 Å². The van der Waals surface area contributed by atoms with Crippen LogP contribution in [0.15, 0.2) is 47.6 Å². The molecule has 1 aromatic rings. The van der Waals surface area contributed by atoms with Gasteiger partial charge < -0.3 is 16.1 Å². The Labute approximate surface area is 162 Å². The van der Waals surface area contributed by atoms with E-state index in [0.717, 1.165) is 31.1 Å². The number of anilines is 2. The predicted molar refractivity (Wildman–Crippen MR) is 113 cm³/mol. The molecule has 0 amide bonds. The molecule has 0 fully saturated rings. The molecule has 0 spiro atoms. The van der Waals surface area contributed by atoms with Gasteiger partial charge in [0.2, 0.25) is 0 Å². The first-order chi connectivity index (χ1) is 13.1. The summed E-state index contributed by atoms with van der Waals surface area (Å²) in [5.41, 5.74) is 2.74. The van der Waals surface area contributed by atoms with Crippen molar-refractivity contribution in [3.8, 4) is 0 Å². The average molecular weight is 374 g/mol. The van der Waals surface area contributed by atoms with Crippen LogP contribution in [-0.4, -0.2) is 54.9 Å². The molecular weight excluding hydrogens is 342 g/mol. The molecule has 27 heavy (non-hydrogen) atoms. The number of rotatable bonds is 6. The quantitative estimate of drug-likeness (QED) is 0.260. The van der Waals surface area contributed by atoms with Gasteiger partial charge in [-0.2, -0.15) is 5.10 Å². The van der Waals surface area contributed by atoms with Gasteiger partial charge in [-0.15, -0.1) is 10.2 Å². The molecule has 0 saturated carbocycles. The topological polar surface area (TPSA) is 91.9 Å². The Hall–Kier alpha value is -2.87. The Bertz CT molecular complexity index is 697. The van der Waals surface area contributed by atoms with E-state index in [1.165, 1.54) is 17.7 Å². The zero-order valence-electron chi connectivity index (χ0n) is 16.9. The first-order valence-electron chi connectivity index (χ1n) is 8.98. The maximum Gasteiger partial charge on any atom is 0.199 e. The number of nitrogens with one attached hydrogen (secondary N) is 1. The maximum absolute atomic E-state index is 5.49. The largest absolute Gasteiger partial charge is 0.365 e. The number of amidine groups is 1. The lowest BCUT2D eigenvalue weighted by atomic mass is 10.2. The first kappa shape index (κ1) is 22.2. The van der Waals surface area contributed by atoms with Gasteiger partial charge in [0, 0.05) is 26.7 Å². The van der Waals surface area contributed by atoms with Crippen molar-refractivity contribution >= 4 is 17.3 Å². The van der Waals surface area contributed by atoms with Crippen LogP contribution in [0.25, 0.3) is 0 Å². The summed E-state index contributed by atoms with van der Waals surface area (Å²) < 4.78 is 0. The second-order valence-corrected chi connectivity index (χ2v) is 5.58. The zero-order valence-corrected chi connectivity index (χ0v) is 16.9. The predicted octanol–water partition coefficient (Wildman–Crippen LogP) is 2.54. The molecule has 0 atom stereocenters. The lowest BCUT2D eigenvalue weighted by Gasteiger charge is -2.31. The summed E-state index contributed by atoms with van der Waals surface area (Å²) in [5.74, 6) is 6.64. The van der Waals surface area contributed by atoms with Gasteiger partial charge in [-0.3, -0.25) is 4.84 Å². The second-order valence-electron chi connectivity index (χ2n) is 5.58. The van der Waals surface area contributed by atoms with Gasteiger partial charge in [0.25, 0.3) is 0 Å². The molecule has 1 aliphatic heterocycles. The highest BCUT2D eigenvalue weighted by molar-refractivity contribution is 5.97. The summed E-state index contributed by atoms with van der Waals surface area (Å²) in [6.45, 7) is 12.2. The van der Waals surface area contributed by atoms with E-state index in [0.29, 0.717) is 11.5 Å². The van der Waals surface area contributed by atoms with Crippen molar-refractivity contribution in [1.29, 1.82) is 0 Å². The molecule has 0 radical (unpaired) electrons. The Morgan fingerprint density at radius 1 is 1.44 bits per heavy atom. The summed E-state index contributed by atoms with van der Waals surface area (Å²) in [4.78, 5) is 7.40. The summed E-state index contributed by atoms with van der Waals surface area (Å²) in [5, 5.41) is 16.9. The summed E-state index contributed by atoms with van der Waals surface area (Å²) >= 11 is 0. The minimum absolute atomic E-state index is 0.407. The number of nitrogens with two attached hydrogens (primary N) is 1. The van der Waals surface area contributed by atoms with Gasteiger partial charge in [0.05, 0.1) is 12.8 Å². The Morgan fingerprint density at radius 2 is 2.19 bits per heavy atom. The van der Waals surface area contributed by atoms with Gasteiger partial charge in [0.1, 0.15) is 5.69 Å². The zero-order chi connectivity index (χ0) is 20.2. The lowest BCUT2D eigenvalue weighted by Crippen LogP contribution is -2.36. The van der Waals surface area contributed by atoms with Crippen molar-refractivity contribution in [3.05, 3.63) is 48.2 Å². The molecule has 2 rings (SSSR count). The third-order valence-electron chi connectivity index (χ3n) is 3.78. The van der Waals surface area contributed by atoms with Crippen LogP contribution in [0.5, 0.6) is 0 Å². The molecule has 0 bridgehead atoms. The third-order valence-corrected chi connectivity index (χ3v) is 3.78. The summed E-state index contributed by atoms with van der Waals surface area (Å²) in [6, 6.07) is 1.92. The van der Waals surface area contributed by atoms with Crippen molar-refractivity contribution < 1.29 is 4.84 Å². The number of aromatic nitrogens is 2. The van der Waals surface area contributed by atoms with Crippen LogP contribution in [0.4, 0.5) is 11.5 Å². The van der Waals surface area contributed by atoms with E-state index in [2.05, 4.69) is 45.1 Å². The minimum atomic E-state index is 0.407. The number of hydrazone groups is 1. The van der Waals surface area contributed by atoms with Crippen molar-refractivity contribution in [1.82, 2.24) is 15.3 Å². The van der Waals surface area contributed by atoms with Gasteiger partial charge in [-0.1, -0.05) is 50.3 Å². The normalized spacial score (nSPS) is 14.2. The Balaban J connectivity index is 0.00000176. The molecule has 148 valence electrons. The van der Waals surface area contributed by atoms with Gasteiger partial charge >= 0.3 is 0 Å². The number of hydrogen-bond acceptors (Lipinski definition) is 7. The Morgan fingerprint density at radius 3 is 2.81 bits per heavy atom. The third kappa shape index (κ3) is 6.10. The highest BCUT2D eigenvalue weighted by Gasteiger charge is 2.21. The Kier molecular flexibility index (Phi) is 9.60. The molecule has 0 aromatic carbocycles. The van der Waals surface area contributed by atoms with E-state index < -0.39 is 0 Å². The number of nitrogens with zero attached hydrogens (tertiary/aromatic N) is 5. The van der Waals surface area contributed by atoms with Crippen LogP contribution < -0.4 is 16.1 Å². The second kappa shape index (κ2) is 11.7. The number of hydroxylamine groups is 2. The van der Waals surface area contributed by atoms with Crippen molar-refractivity contribution in [2.24, 2.45) is 10.9 Å². The van der Waals surface area contributed by atoms with Crippen molar-refractivity contribution in [3.63, 3.8) is 0 Å². The standard InChI is InChI=1S/C17H25N7O.C2H6/c1-5-6-7-8-13(2)12-24-10-9-19-16-15(24)11-14(21-22-16)17(20-18)23(3)25-4;1-2/h5-8,11H,1,9-10,12,18H2,2-4H3,(H,19,22);1-2H3/b7-6-,13-8+,20-17-;. The lowest BCUT2D eigenvalue weighted by molar-refractivity contribution is -0.0415. The van der Waals surface area contributed by atoms with Gasteiger partial charge in [-0.25, -0.2) is 5.06 Å². The minimum Gasteiger partial charge on any atom is -0.365 e. The SMILES string of the molecule is C=C/C=C\C=C(/C)CN1CCNc2nnc(/C(=N/N)N(C)OC)cc21.CC. The highest BCUT2D eigenvalue weighted by atomic mass is 16.7. The molecule has 1 aliphatic rings. The van der Waals surface area contributed by atoms with Crippen molar-refractivity contribution in [2.75, 3.05) is 44.0 Å². The molecular formula is C19H31N7O. The van der Waals surface area contributed by atoms with E-state index in [4.69, 9.17) is 10.7 Å². The fourth-order valence-electron chi connectivity index (χ4n) is 2.50. The maximum atomic E-state index is 5.49. The van der Waals surface area contributed by atoms with Crippen LogP contribution in [0.3, 0.4) is 0 Å². The van der Waals surface area contributed by atoms with E-state index >= 15 is 0 Å². The molecule has 0 unspecified atom stereocenters. The average Bonchev–Trinajstić information content (AvgIpc) is 2.70. The highest BCUT2D eigenvalue weighted by Crippen LogP contribution is 2.27. The molecule has 0 saturated heterocycles. The van der Waals surface area contributed by atoms with E-state index in [1.54, 1.807) is 13.1 Å². The van der Waals surface area contributed by atoms with Crippen LogP contribution in [-0.2, 0) is 4.84 Å². The van der Waals surface area contributed by atoms with E-state index in [-0.39, 0.29) is 0 Å². The first-order valence-corrected chi connectivity index (χ1v) is 8.98. The molecule has 8 heteroatoms. The molecule has 0 aliphatic carbocycles. The number of allylic oxidation sites excluding steroid dienone is 4. The molecule has 3 N–H and O–H groups in total. The summed E-state index contributed by atoms with van der Waals surface area (Å²) in [7, 11) is 3.25. The number of fused-ring (bicyclic) bond motifs is 1. The van der Waals surface area contributed by atoms with Crippen LogP contribution in [0.2, 0.25) is 0 Å². The molecule has 1 aromatic heterocycles. The van der Waals surface area contributed by atoms with E-state index in [9.17, 15) is 0 Å². The fourth-order valence-corrected chi connectivity index (χ4v) is 2.50. The van der Waals surface area contributed by atoms with Crippen LogP contribution >= 0.6 is 0 Å². The van der Waals surface area contributed by atoms with Gasteiger partial charge in [0.15, 0.2) is 11.7 Å². The van der Waals surface area contributed by atoms with Crippen LogP contribution in [0, 0.1) is 0 Å². The smallest absolute Gasteiger partial charge is 0.199 e. The van der Waals surface area contributed by atoms with Crippen molar-refractivity contribution in [2.45, 2.75) is 20.8 Å².